The number of likely N-dealkylation sites (N-methyl/N-ethyl adjacent to an activating group) is 1. The predicted molar refractivity (Wildman–Crippen MR) is 124 cm³/mol. The molecule has 0 saturated carbocycles. The average Bonchev–Trinajstić information content (AvgIpc) is 3.16. The van der Waals surface area contributed by atoms with Gasteiger partial charge in [0.2, 0.25) is 0 Å². The number of rotatable bonds is 6. The lowest BCUT2D eigenvalue weighted by Crippen LogP contribution is -2.40. The van der Waals surface area contributed by atoms with Gasteiger partial charge in [-0.3, -0.25) is 9.59 Å². The third-order valence-electron chi connectivity index (χ3n) is 5.85. The monoisotopic (exact) mass is 423 g/mol. The van der Waals surface area contributed by atoms with Crippen molar-refractivity contribution in [2.45, 2.75) is 52.6 Å². The van der Waals surface area contributed by atoms with E-state index in [2.05, 4.69) is 11.6 Å². The number of allylic oxidation sites excluding steroid dienone is 5. The zero-order chi connectivity index (χ0) is 22.7. The molecule has 0 radical (unpaired) electrons. The van der Waals surface area contributed by atoms with Crippen LogP contribution in [0.3, 0.4) is 0 Å². The van der Waals surface area contributed by atoms with Crippen LogP contribution >= 0.6 is 0 Å². The van der Waals surface area contributed by atoms with Crippen molar-refractivity contribution in [2.75, 3.05) is 7.05 Å². The molecule has 2 aromatic heterocycles. The summed E-state index contributed by atoms with van der Waals surface area (Å²) in [6.07, 6.45) is 10.7. The summed E-state index contributed by atoms with van der Waals surface area (Å²) < 4.78 is 16.0. The number of carbonyl (C=O) groups excluding carboxylic acids is 1. The highest BCUT2D eigenvalue weighted by Gasteiger charge is 2.30. The number of aromatic amines is 1. The molecule has 2 heterocycles. The lowest BCUT2D eigenvalue weighted by Gasteiger charge is -2.34. The molecule has 1 aliphatic rings. The van der Waals surface area contributed by atoms with Crippen LogP contribution in [0.1, 0.15) is 49.2 Å². The highest BCUT2D eigenvalue weighted by atomic mass is 19.1. The fourth-order valence-corrected chi connectivity index (χ4v) is 4.37. The van der Waals surface area contributed by atoms with Gasteiger partial charge in [-0.05, 0) is 57.2 Å². The second-order valence-electron chi connectivity index (χ2n) is 7.92. The number of nitrogens with zero attached hydrogens (tertiary/aromatic N) is 2. The van der Waals surface area contributed by atoms with Crippen molar-refractivity contribution >= 4 is 16.8 Å². The lowest BCUT2D eigenvalue weighted by molar-refractivity contribution is 0.0745. The van der Waals surface area contributed by atoms with Crippen molar-refractivity contribution in [1.29, 1.82) is 0 Å². The maximum absolute atomic E-state index is 14.6. The second kappa shape index (κ2) is 9.33. The van der Waals surface area contributed by atoms with E-state index in [1.165, 1.54) is 10.6 Å². The number of fused-ring (bicyclic) bond motifs is 1. The summed E-state index contributed by atoms with van der Waals surface area (Å²) in [5.74, 6) is -0.433. The number of carbonyl (C=O) groups is 1. The SMILES string of the molecule is C=CCn1cc(C(=O)N(C)C2CCCC(C(/F)=C\C)=C2/C=C\C)c2cc(C)[nH]c2c1=O. The predicted octanol–water partition coefficient (Wildman–Crippen LogP) is 5.19. The Balaban J connectivity index is 2.12. The van der Waals surface area contributed by atoms with Gasteiger partial charge >= 0.3 is 0 Å². The molecule has 1 aliphatic carbocycles. The number of nitrogens with one attached hydrogen (secondary N) is 1. The molecule has 3 rings (SSSR count). The molecule has 164 valence electrons. The number of H-pyrrole nitrogens is 1. The zero-order valence-corrected chi connectivity index (χ0v) is 18.7. The van der Waals surface area contributed by atoms with Crippen LogP contribution in [0.2, 0.25) is 0 Å². The number of aryl methyl sites for hydroxylation is 1. The van der Waals surface area contributed by atoms with Gasteiger partial charge in [0.1, 0.15) is 11.3 Å². The summed E-state index contributed by atoms with van der Waals surface area (Å²) in [5.41, 5.74) is 2.97. The van der Waals surface area contributed by atoms with Crippen LogP contribution < -0.4 is 5.56 Å². The molecule has 0 spiro atoms. The standard InChI is InChI=1S/C25H30FN3O2/c1-6-10-18-17(21(26)8-3)11-9-12-22(18)28(5)24(30)20-15-29(13-7-2)25(31)23-19(20)14-16(4)27-23/h6-8,10,14-15,22,27H,2,9,11-13H2,1,3-5H3/b10-6-,21-8+. The van der Waals surface area contributed by atoms with E-state index in [4.69, 9.17) is 0 Å². The van der Waals surface area contributed by atoms with Crippen molar-refractivity contribution in [2.24, 2.45) is 0 Å². The Morgan fingerprint density at radius 1 is 1.42 bits per heavy atom. The Bertz CT molecular complexity index is 1160. The van der Waals surface area contributed by atoms with E-state index in [1.54, 1.807) is 31.1 Å². The van der Waals surface area contributed by atoms with Gasteiger partial charge in [0.05, 0.1) is 11.6 Å². The molecule has 2 aromatic rings. The Morgan fingerprint density at radius 2 is 2.16 bits per heavy atom. The quantitative estimate of drug-likeness (QED) is 0.650. The Kier molecular flexibility index (Phi) is 6.78. The second-order valence-corrected chi connectivity index (χ2v) is 7.92. The Morgan fingerprint density at radius 3 is 2.81 bits per heavy atom. The topological polar surface area (TPSA) is 58.1 Å². The van der Waals surface area contributed by atoms with Crippen LogP contribution in [0, 0.1) is 6.92 Å². The van der Waals surface area contributed by atoms with E-state index >= 15 is 0 Å². The number of amides is 1. The minimum Gasteiger partial charge on any atom is -0.354 e. The third kappa shape index (κ3) is 4.20. The minimum atomic E-state index is -0.243. The number of hydrogen-bond donors (Lipinski definition) is 1. The molecule has 0 saturated heterocycles. The fraction of sp³-hybridized carbons (Fsp3) is 0.360. The molecule has 31 heavy (non-hydrogen) atoms. The van der Waals surface area contributed by atoms with Gasteiger partial charge in [-0.25, -0.2) is 4.39 Å². The normalized spacial score (nSPS) is 17.6. The van der Waals surface area contributed by atoms with Crippen LogP contribution in [0.25, 0.3) is 10.9 Å². The maximum atomic E-state index is 14.6. The van der Waals surface area contributed by atoms with Crippen molar-refractivity contribution in [3.05, 3.63) is 81.7 Å². The molecule has 5 nitrogen and oxygen atoms in total. The summed E-state index contributed by atoms with van der Waals surface area (Å²) in [4.78, 5) is 31.2. The molecule has 1 atom stereocenters. The first-order valence-corrected chi connectivity index (χ1v) is 10.6. The van der Waals surface area contributed by atoms with E-state index < -0.39 is 0 Å². The van der Waals surface area contributed by atoms with Gasteiger partial charge in [-0.15, -0.1) is 6.58 Å². The lowest BCUT2D eigenvalue weighted by atomic mass is 9.85. The van der Waals surface area contributed by atoms with Gasteiger partial charge in [-0.1, -0.05) is 24.3 Å². The highest BCUT2D eigenvalue weighted by molar-refractivity contribution is 6.06. The van der Waals surface area contributed by atoms with E-state index in [9.17, 15) is 14.0 Å². The molecule has 0 bridgehead atoms. The number of halogens is 1. The number of hydrogen-bond acceptors (Lipinski definition) is 2. The molecule has 1 amide bonds. The highest BCUT2D eigenvalue weighted by Crippen LogP contribution is 2.34. The molecule has 0 fully saturated rings. The molecule has 1 N–H and O–H groups in total. The van der Waals surface area contributed by atoms with Gasteiger partial charge in [0, 0.05) is 30.9 Å². The Hall–Kier alpha value is -3.15. The zero-order valence-electron chi connectivity index (χ0n) is 18.7. The summed E-state index contributed by atoms with van der Waals surface area (Å²) in [6, 6.07) is 1.58. The molecule has 1 unspecified atom stereocenters. The molecule has 0 aliphatic heterocycles. The first-order valence-electron chi connectivity index (χ1n) is 10.6. The largest absolute Gasteiger partial charge is 0.354 e. The van der Waals surface area contributed by atoms with E-state index in [0.717, 1.165) is 24.1 Å². The third-order valence-corrected chi connectivity index (χ3v) is 5.85. The van der Waals surface area contributed by atoms with Crippen LogP contribution in [0.15, 0.2) is 64.9 Å². The van der Waals surface area contributed by atoms with Gasteiger partial charge < -0.3 is 14.5 Å². The molecular formula is C25H30FN3O2. The van der Waals surface area contributed by atoms with Crippen LogP contribution in [-0.4, -0.2) is 33.4 Å². The van der Waals surface area contributed by atoms with Gasteiger partial charge in [-0.2, -0.15) is 0 Å². The van der Waals surface area contributed by atoms with Crippen molar-refractivity contribution in [3.63, 3.8) is 0 Å². The van der Waals surface area contributed by atoms with Crippen molar-refractivity contribution in [1.82, 2.24) is 14.5 Å². The smallest absolute Gasteiger partial charge is 0.275 e. The van der Waals surface area contributed by atoms with Crippen molar-refractivity contribution in [3.8, 4) is 0 Å². The van der Waals surface area contributed by atoms with Gasteiger partial charge in [0.25, 0.3) is 11.5 Å². The first-order chi connectivity index (χ1) is 14.8. The van der Waals surface area contributed by atoms with Crippen LogP contribution in [0.4, 0.5) is 4.39 Å². The van der Waals surface area contributed by atoms with Gasteiger partial charge in [0.15, 0.2) is 0 Å². The van der Waals surface area contributed by atoms with Crippen molar-refractivity contribution < 1.29 is 9.18 Å². The number of aromatic nitrogens is 2. The number of pyridine rings is 1. The minimum absolute atomic E-state index is 0.188. The molecule has 0 aromatic carbocycles. The maximum Gasteiger partial charge on any atom is 0.275 e. The average molecular weight is 424 g/mol. The van der Waals surface area contributed by atoms with E-state index in [-0.39, 0.29) is 23.3 Å². The summed E-state index contributed by atoms with van der Waals surface area (Å²) in [7, 11) is 1.75. The first kappa shape index (κ1) is 22.5. The van der Waals surface area contributed by atoms with Crippen LogP contribution in [-0.2, 0) is 6.54 Å². The van der Waals surface area contributed by atoms with E-state index in [1.807, 2.05) is 32.1 Å². The summed E-state index contributed by atoms with van der Waals surface area (Å²) in [6.45, 7) is 9.45. The van der Waals surface area contributed by atoms with Crippen LogP contribution in [0.5, 0.6) is 0 Å². The van der Waals surface area contributed by atoms with E-state index in [0.29, 0.717) is 35.0 Å². The summed E-state index contributed by atoms with van der Waals surface area (Å²) in [5, 5.41) is 0.604. The molecular weight excluding hydrogens is 393 g/mol. The molecule has 6 heteroatoms. The Labute approximate surface area is 182 Å². The fourth-order valence-electron chi connectivity index (χ4n) is 4.37. The summed E-state index contributed by atoms with van der Waals surface area (Å²) >= 11 is 0.